The van der Waals surface area contributed by atoms with E-state index >= 15 is 0 Å². The molecule has 4 aromatic rings. The first-order chi connectivity index (χ1) is 19.5. The summed E-state index contributed by atoms with van der Waals surface area (Å²) in [5.41, 5.74) is 2.72. The van der Waals surface area contributed by atoms with Crippen LogP contribution in [0.3, 0.4) is 0 Å². The van der Waals surface area contributed by atoms with E-state index in [0.29, 0.717) is 28.7 Å². The number of aromatic nitrogens is 1. The molecule has 5 rings (SSSR count). The highest BCUT2D eigenvalue weighted by Gasteiger charge is 2.19. The highest BCUT2D eigenvalue weighted by atomic mass is 35.5. The van der Waals surface area contributed by atoms with E-state index in [2.05, 4.69) is 20.1 Å². The third-order valence-corrected chi connectivity index (χ3v) is 7.71. The van der Waals surface area contributed by atoms with E-state index in [1.54, 1.807) is 6.07 Å². The molecule has 1 aliphatic rings. The van der Waals surface area contributed by atoms with Crippen LogP contribution in [0.2, 0.25) is 10.0 Å². The number of nitrogens with one attached hydrogen (secondary N) is 1. The van der Waals surface area contributed by atoms with Gasteiger partial charge < -0.3 is 19.7 Å². The lowest BCUT2D eigenvalue weighted by molar-refractivity contribution is 0.198. The van der Waals surface area contributed by atoms with Crippen LogP contribution in [0, 0.1) is 0 Å². The van der Waals surface area contributed by atoms with E-state index in [-0.39, 0.29) is 5.88 Å². The number of pyridine rings is 1. The van der Waals surface area contributed by atoms with Crippen molar-refractivity contribution in [2.45, 2.75) is 19.4 Å². The largest absolute Gasteiger partial charge is 0.494 e. The average molecular weight is 580 g/mol. The molecule has 7 nitrogen and oxygen atoms in total. The quantitative estimate of drug-likeness (QED) is 0.208. The second-order valence-electron chi connectivity index (χ2n) is 9.69. The second kappa shape index (κ2) is 13.7. The number of halogens is 2. The van der Waals surface area contributed by atoms with Gasteiger partial charge in [-0.05, 0) is 55.3 Å². The maximum absolute atomic E-state index is 12.2. The van der Waals surface area contributed by atoms with Crippen molar-refractivity contribution < 1.29 is 14.3 Å². The molecule has 1 N–H and O–H groups in total. The molecule has 1 aromatic heterocycles. The van der Waals surface area contributed by atoms with E-state index in [9.17, 15) is 4.79 Å². The molecule has 0 bridgehead atoms. The first-order valence-electron chi connectivity index (χ1n) is 13.5. The number of hydrogen-bond donors (Lipinski definition) is 1. The Balaban J connectivity index is 1.03. The molecular formula is C31H32Cl2N4O3. The van der Waals surface area contributed by atoms with Crippen LogP contribution in [-0.4, -0.2) is 55.3 Å². The molecule has 1 aliphatic heterocycles. The molecule has 0 radical (unpaired) electrons. The molecule has 0 unspecified atom stereocenters. The Kier molecular flexibility index (Phi) is 9.60. The molecule has 3 aromatic carbocycles. The zero-order valence-corrected chi connectivity index (χ0v) is 23.7. The van der Waals surface area contributed by atoms with Gasteiger partial charge in [-0.1, -0.05) is 59.6 Å². The van der Waals surface area contributed by atoms with Crippen LogP contribution in [0.25, 0.3) is 10.9 Å². The van der Waals surface area contributed by atoms with Crippen molar-refractivity contribution >= 4 is 45.9 Å². The maximum atomic E-state index is 12.2. The van der Waals surface area contributed by atoms with Crippen LogP contribution in [-0.2, 0) is 6.54 Å². The first-order valence-corrected chi connectivity index (χ1v) is 14.3. The predicted molar refractivity (Wildman–Crippen MR) is 161 cm³/mol. The Hall–Kier alpha value is -3.52. The number of ether oxygens (including phenoxy) is 2. The summed E-state index contributed by atoms with van der Waals surface area (Å²) >= 11 is 12.6. The number of piperazine rings is 1. The van der Waals surface area contributed by atoms with Gasteiger partial charge in [-0.25, -0.2) is 9.78 Å². The Labute approximate surface area is 244 Å². The number of hydrogen-bond acceptors (Lipinski definition) is 6. The summed E-state index contributed by atoms with van der Waals surface area (Å²) in [5.74, 6) is 0.991. The van der Waals surface area contributed by atoms with Crippen molar-refractivity contribution in [1.82, 2.24) is 15.2 Å². The van der Waals surface area contributed by atoms with Gasteiger partial charge in [-0.15, -0.1) is 0 Å². The van der Waals surface area contributed by atoms with E-state index in [1.165, 1.54) is 0 Å². The third kappa shape index (κ3) is 7.56. The molecule has 0 spiro atoms. The summed E-state index contributed by atoms with van der Waals surface area (Å²) in [7, 11) is 0. The highest BCUT2D eigenvalue weighted by Crippen LogP contribution is 2.33. The molecule has 1 amide bonds. The molecule has 0 aliphatic carbocycles. The zero-order valence-electron chi connectivity index (χ0n) is 22.2. The van der Waals surface area contributed by atoms with Crippen molar-refractivity contribution in [2.75, 3.05) is 44.2 Å². The molecule has 0 saturated carbocycles. The Morgan fingerprint density at radius 2 is 1.70 bits per heavy atom. The van der Waals surface area contributed by atoms with Crippen LogP contribution in [0.4, 0.5) is 10.5 Å². The summed E-state index contributed by atoms with van der Waals surface area (Å²) in [4.78, 5) is 21.5. The first kappa shape index (κ1) is 28.0. The second-order valence-corrected chi connectivity index (χ2v) is 10.5. The van der Waals surface area contributed by atoms with Crippen molar-refractivity contribution in [2.24, 2.45) is 0 Å². The summed E-state index contributed by atoms with van der Waals surface area (Å²) < 4.78 is 11.4. The van der Waals surface area contributed by atoms with Gasteiger partial charge in [0.05, 0.1) is 27.9 Å². The minimum Gasteiger partial charge on any atom is -0.494 e. The number of anilines is 1. The van der Waals surface area contributed by atoms with Crippen molar-refractivity contribution in [3.63, 3.8) is 0 Å². The molecule has 208 valence electrons. The van der Waals surface area contributed by atoms with Gasteiger partial charge in [-0.2, -0.15) is 0 Å². The lowest BCUT2D eigenvalue weighted by Crippen LogP contribution is -2.46. The van der Waals surface area contributed by atoms with Crippen LogP contribution in [0.5, 0.6) is 11.6 Å². The lowest BCUT2D eigenvalue weighted by atomic mass is 10.2. The van der Waals surface area contributed by atoms with Gasteiger partial charge >= 0.3 is 6.09 Å². The smallest absolute Gasteiger partial charge is 0.414 e. The summed E-state index contributed by atoms with van der Waals surface area (Å²) in [5, 5.41) is 4.92. The lowest BCUT2D eigenvalue weighted by Gasteiger charge is -2.36. The highest BCUT2D eigenvalue weighted by molar-refractivity contribution is 6.43. The Morgan fingerprint density at radius 1 is 0.900 bits per heavy atom. The molecule has 1 fully saturated rings. The summed E-state index contributed by atoms with van der Waals surface area (Å²) in [6, 6.07) is 24.8. The Bertz CT molecular complexity index is 1430. The average Bonchev–Trinajstić information content (AvgIpc) is 2.98. The van der Waals surface area contributed by atoms with Crippen molar-refractivity contribution in [3.05, 3.63) is 94.5 Å². The van der Waals surface area contributed by atoms with Gasteiger partial charge in [-0.3, -0.25) is 4.90 Å². The van der Waals surface area contributed by atoms with Crippen LogP contribution < -0.4 is 19.7 Å². The minimum absolute atomic E-state index is 0.243. The van der Waals surface area contributed by atoms with Gasteiger partial charge in [0, 0.05) is 50.2 Å². The fourth-order valence-corrected chi connectivity index (χ4v) is 5.12. The number of amides is 1. The van der Waals surface area contributed by atoms with E-state index in [0.717, 1.165) is 68.0 Å². The Morgan fingerprint density at radius 3 is 2.52 bits per heavy atom. The molecule has 1 saturated heterocycles. The van der Waals surface area contributed by atoms with E-state index in [1.807, 2.05) is 72.8 Å². The van der Waals surface area contributed by atoms with Gasteiger partial charge in [0.25, 0.3) is 0 Å². The van der Waals surface area contributed by atoms with Crippen LogP contribution >= 0.6 is 23.2 Å². The molecular weight excluding hydrogens is 547 g/mol. The monoisotopic (exact) mass is 578 g/mol. The topological polar surface area (TPSA) is 66.9 Å². The van der Waals surface area contributed by atoms with E-state index in [4.69, 9.17) is 32.7 Å². The van der Waals surface area contributed by atoms with E-state index < -0.39 is 6.09 Å². The number of carbonyl (C=O) groups is 1. The molecule has 9 heteroatoms. The minimum atomic E-state index is -0.544. The number of unbranched alkanes of at least 4 members (excludes halogenated alkanes) is 1. The van der Waals surface area contributed by atoms with Gasteiger partial charge in [0.1, 0.15) is 5.75 Å². The molecule has 0 atom stereocenters. The summed E-state index contributed by atoms with van der Waals surface area (Å²) in [6.07, 6.45) is 1.47. The molecule has 40 heavy (non-hydrogen) atoms. The number of nitrogens with zero attached hydrogens (tertiary/aromatic N) is 3. The van der Waals surface area contributed by atoms with Crippen LogP contribution in [0.1, 0.15) is 18.4 Å². The standard InChI is InChI=1S/C31H32Cl2N4O3/c32-26-9-6-10-28(30(26)33)37-18-16-36(17-19-37)15-4-5-20-39-25-13-11-24-12-14-29(35-27(24)21-25)40-31(38)34-22-23-7-2-1-3-8-23/h1-3,6-14,21H,4-5,15-20,22H2,(H,34,38). The van der Waals surface area contributed by atoms with Crippen LogP contribution in [0.15, 0.2) is 78.9 Å². The number of fused-ring (bicyclic) bond motifs is 1. The van der Waals surface area contributed by atoms with Gasteiger partial charge in [0.15, 0.2) is 0 Å². The predicted octanol–water partition coefficient (Wildman–Crippen LogP) is 6.81. The fraction of sp³-hybridized carbons (Fsp3) is 0.290. The van der Waals surface area contributed by atoms with Crippen molar-refractivity contribution in [1.29, 1.82) is 0 Å². The molecule has 2 heterocycles. The third-order valence-electron chi connectivity index (χ3n) is 6.90. The summed E-state index contributed by atoms with van der Waals surface area (Å²) in [6.45, 7) is 5.90. The maximum Gasteiger partial charge on any atom is 0.414 e. The number of rotatable bonds is 10. The normalized spacial score (nSPS) is 13.8. The SMILES string of the molecule is O=C(NCc1ccccc1)Oc1ccc2ccc(OCCCCN3CCN(c4cccc(Cl)c4Cl)CC3)cc2n1. The number of carbonyl (C=O) groups excluding carboxylic acids is 1. The zero-order chi connectivity index (χ0) is 27.7. The number of benzene rings is 3. The van der Waals surface area contributed by atoms with Gasteiger partial charge in [0.2, 0.25) is 5.88 Å². The fourth-order valence-electron chi connectivity index (χ4n) is 4.70. The van der Waals surface area contributed by atoms with Crippen molar-refractivity contribution in [3.8, 4) is 11.6 Å².